The maximum Gasteiger partial charge on any atom is 0.165 e. The maximum absolute atomic E-state index is 5.71. The van der Waals surface area contributed by atoms with E-state index in [0.717, 1.165) is 21.7 Å². The Bertz CT molecular complexity index is 560. The van der Waals surface area contributed by atoms with Crippen molar-refractivity contribution in [3.8, 4) is 11.4 Å². The van der Waals surface area contributed by atoms with Crippen LogP contribution in [0.4, 0.5) is 0 Å². The summed E-state index contributed by atoms with van der Waals surface area (Å²) in [5.41, 5.74) is 7.96. The van der Waals surface area contributed by atoms with Crippen LogP contribution >= 0.6 is 15.9 Å². The van der Waals surface area contributed by atoms with Crippen LogP contribution in [0.25, 0.3) is 11.4 Å². The summed E-state index contributed by atoms with van der Waals surface area (Å²) < 4.78 is 3.10. The number of hydrogen-bond acceptors (Lipinski definition) is 3. The summed E-state index contributed by atoms with van der Waals surface area (Å²) in [5.74, 6) is 1.68. The molecule has 0 aliphatic rings. The van der Waals surface area contributed by atoms with Gasteiger partial charge in [-0.05, 0) is 32.9 Å². The summed E-state index contributed by atoms with van der Waals surface area (Å²) in [6, 6.07) is 6.48. The molecule has 2 N–H and O–H groups in total. The van der Waals surface area contributed by atoms with Gasteiger partial charge in [-0.2, -0.15) is 0 Å². The zero-order chi connectivity index (χ0) is 13.3. The average molecular weight is 309 g/mol. The van der Waals surface area contributed by atoms with Gasteiger partial charge in [-0.1, -0.05) is 27.6 Å². The number of nitrogens with zero attached hydrogens (tertiary/aromatic N) is 3. The van der Waals surface area contributed by atoms with Gasteiger partial charge in [0.05, 0.1) is 6.54 Å². The lowest BCUT2D eigenvalue weighted by atomic mass is 10.1. The Morgan fingerprint density at radius 2 is 2.06 bits per heavy atom. The Labute approximate surface area is 115 Å². The highest BCUT2D eigenvalue weighted by Crippen LogP contribution is 2.30. The number of halogens is 1. The molecule has 0 saturated heterocycles. The van der Waals surface area contributed by atoms with Crippen molar-refractivity contribution in [2.45, 2.75) is 33.4 Å². The predicted molar refractivity (Wildman–Crippen MR) is 76.2 cm³/mol. The van der Waals surface area contributed by atoms with E-state index in [9.17, 15) is 0 Å². The van der Waals surface area contributed by atoms with Crippen molar-refractivity contribution < 1.29 is 0 Å². The van der Waals surface area contributed by atoms with Crippen LogP contribution in [0.3, 0.4) is 0 Å². The van der Waals surface area contributed by atoms with Crippen LogP contribution in [0.5, 0.6) is 0 Å². The molecule has 0 bridgehead atoms. The molecule has 0 aliphatic carbocycles. The second kappa shape index (κ2) is 5.20. The van der Waals surface area contributed by atoms with Gasteiger partial charge in [0.1, 0.15) is 5.82 Å². The average Bonchev–Trinajstić information content (AvgIpc) is 2.75. The van der Waals surface area contributed by atoms with E-state index in [4.69, 9.17) is 5.73 Å². The van der Waals surface area contributed by atoms with Crippen LogP contribution < -0.4 is 5.73 Å². The summed E-state index contributed by atoms with van der Waals surface area (Å²) in [5, 5.41) is 8.45. The highest BCUT2D eigenvalue weighted by Gasteiger charge is 2.17. The quantitative estimate of drug-likeness (QED) is 0.948. The molecule has 1 aromatic heterocycles. The van der Waals surface area contributed by atoms with Crippen molar-refractivity contribution in [1.29, 1.82) is 0 Å². The van der Waals surface area contributed by atoms with Gasteiger partial charge in [0.25, 0.3) is 0 Å². The molecule has 0 unspecified atom stereocenters. The van der Waals surface area contributed by atoms with Crippen LogP contribution in [0.15, 0.2) is 22.7 Å². The highest BCUT2D eigenvalue weighted by molar-refractivity contribution is 9.10. The molecule has 2 rings (SSSR count). The molecule has 4 nitrogen and oxygen atoms in total. The second-order valence-corrected chi connectivity index (χ2v) is 5.45. The lowest BCUT2D eigenvalue weighted by molar-refractivity contribution is 0.574. The Morgan fingerprint density at radius 3 is 2.67 bits per heavy atom. The summed E-state index contributed by atoms with van der Waals surface area (Å²) in [6.45, 7) is 6.68. The SMILES string of the molecule is Cc1ccc(Br)c(-c2nnc(CN)n2C(C)C)c1. The van der Waals surface area contributed by atoms with Gasteiger partial charge in [0.2, 0.25) is 0 Å². The van der Waals surface area contributed by atoms with Gasteiger partial charge >= 0.3 is 0 Å². The maximum atomic E-state index is 5.71. The number of hydrogen-bond donors (Lipinski definition) is 1. The molecular formula is C13H17BrN4. The van der Waals surface area contributed by atoms with Gasteiger partial charge in [0.15, 0.2) is 5.82 Å². The molecule has 0 aliphatic heterocycles. The number of aromatic nitrogens is 3. The Hall–Kier alpha value is -1.20. The normalized spacial score (nSPS) is 11.2. The number of benzene rings is 1. The molecule has 0 saturated carbocycles. The fourth-order valence-corrected chi connectivity index (χ4v) is 2.42. The summed E-state index contributed by atoms with van der Waals surface area (Å²) >= 11 is 3.57. The third-order valence-corrected chi connectivity index (χ3v) is 3.52. The standard InChI is InChI=1S/C13H17BrN4/c1-8(2)18-12(7-15)16-17-13(18)10-6-9(3)4-5-11(10)14/h4-6,8H,7,15H2,1-3H3. The molecule has 0 radical (unpaired) electrons. The number of nitrogens with two attached hydrogens (primary N) is 1. The molecule has 0 atom stereocenters. The van der Waals surface area contributed by atoms with E-state index in [1.807, 2.05) is 6.07 Å². The minimum atomic E-state index is 0.279. The Balaban J connectivity index is 2.63. The van der Waals surface area contributed by atoms with Gasteiger partial charge < -0.3 is 10.3 Å². The van der Waals surface area contributed by atoms with E-state index < -0.39 is 0 Å². The zero-order valence-electron chi connectivity index (χ0n) is 10.8. The van der Waals surface area contributed by atoms with Crippen LogP contribution in [-0.2, 0) is 6.54 Å². The van der Waals surface area contributed by atoms with Crippen molar-refractivity contribution >= 4 is 15.9 Å². The van der Waals surface area contributed by atoms with Crippen molar-refractivity contribution in [3.05, 3.63) is 34.1 Å². The van der Waals surface area contributed by atoms with Crippen molar-refractivity contribution in [3.63, 3.8) is 0 Å². The lowest BCUT2D eigenvalue weighted by Crippen LogP contribution is -2.11. The van der Waals surface area contributed by atoms with Gasteiger partial charge in [-0.25, -0.2) is 0 Å². The molecule has 0 spiro atoms. The van der Waals surface area contributed by atoms with Crippen LogP contribution in [0.1, 0.15) is 31.3 Å². The van der Waals surface area contributed by atoms with Gasteiger partial charge in [0, 0.05) is 16.1 Å². The fourth-order valence-electron chi connectivity index (χ4n) is 2.00. The molecule has 0 amide bonds. The number of aryl methyl sites for hydroxylation is 1. The minimum absolute atomic E-state index is 0.279. The first-order valence-corrected chi connectivity index (χ1v) is 6.74. The molecule has 18 heavy (non-hydrogen) atoms. The van der Waals surface area contributed by atoms with Crippen molar-refractivity contribution in [1.82, 2.24) is 14.8 Å². The summed E-state index contributed by atoms with van der Waals surface area (Å²) in [4.78, 5) is 0. The van der Waals surface area contributed by atoms with E-state index in [2.05, 4.69) is 63.6 Å². The van der Waals surface area contributed by atoms with Crippen LogP contribution in [0, 0.1) is 6.92 Å². The lowest BCUT2D eigenvalue weighted by Gasteiger charge is -2.14. The Morgan fingerprint density at radius 1 is 1.33 bits per heavy atom. The highest BCUT2D eigenvalue weighted by atomic mass is 79.9. The third-order valence-electron chi connectivity index (χ3n) is 2.83. The van der Waals surface area contributed by atoms with E-state index >= 15 is 0 Å². The molecule has 96 valence electrons. The van der Waals surface area contributed by atoms with E-state index in [1.165, 1.54) is 5.56 Å². The third kappa shape index (κ3) is 2.33. The van der Waals surface area contributed by atoms with E-state index in [0.29, 0.717) is 6.54 Å². The smallest absolute Gasteiger partial charge is 0.165 e. The van der Waals surface area contributed by atoms with Gasteiger partial charge in [-0.15, -0.1) is 10.2 Å². The monoisotopic (exact) mass is 308 g/mol. The largest absolute Gasteiger partial charge is 0.324 e. The van der Waals surface area contributed by atoms with Crippen LogP contribution in [0.2, 0.25) is 0 Å². The number of rotatable bonds is 3. The predicted octanol–water partition coefficient (Wildman–Crippen LogP) is 3.06. The van der Waals surface area contributed by atoms with Gasteiger partial charge in [-0.3, -0.25) is 0 Å². The van der Waals surface area contributed by atoms with E-state index in [1.54, 1.807) is 0 Å². The molecule has 0 fully saturated rings. The zero-order valence-corrected chi connectivity index (χ0v) is 12.4. The first-order chi connectivity index (χ1) is 8.54. The van der Waals surface area contributed by atoms with Crippen molar-refractivity contribution in [2.24, 2.45) is 5.73 Å². The molecule has 2 aromatic rings. The molecule has 1 aromatic carbocycles. The molecule has 5 heteroatoms. The summed E-state index contributed by atoms with van der Waals surface area (Å²) in [6.07, 6.45) is 0. The first-order valence-electron chi connectivity index (χ1n) is 5.95. The summed E-state index contributed by atoms with van der Waals surface area (Å²) in [7, 11) is 0. The first kappa shape index (κ1) is 13.2. The fraction of sp³-hybridized carbons (Fsp3) is 0.385. The van der Waals surface area contributed by atoms with E-state index in [-0.39, 0.29) is 6.04 Å². The van der Waals surface area contributed by atoms with Crippen molar-refractivity contribution in [2.75, 3.05) is 0 Å². The topological polar surface area (TPSA) is 56.7 Å². The second-order valence-electron chi connectivity index (χ2n) is 4.59. The molecular weight excluding hydrogens is 292 g/mol. The Kier molecular flexibility index (Phi) is 3.82. The molecule has 1 heterocycles. The van der Waals surface area contributed by atoms with Crippen LogP contribution in [-0.4, -0.2) is 14.8 Å². The minimum Gasteiger partial charge on any atom is -0.324 e.